The number of nitrogens with zero attached hydrogens (tertiary/aromatic N) is 2. The molecule has 3 aromatic rings. The monoisotopic (exact) mass is 508 g/mol. The van der Waals surface area contributed by atoms with Crippen LogP contribution in [0.25, 0.3) is 0 Å². The van der Waals surface area contributed by atoms with Crippen molar-refractivity contribution in [2.75, 3.05) is 19.7 Å². The minimum Gasteiger partial charge on any atom is -0.491 e. The summed E-state index contributed by atoms with van der Waals surface area (Å²) in [7, 11) is 0. The van der Waals surface area contributed by atoms with Crippen molar-refractivity contribution >= 4 is 23.2 Å². The molecule has 2 aromatic carbocycles. The summed E-state index contributed by atoms with van der Waals surface area (Å²) in [6, 6.07) is 15.2. The molecule has 1 aromatic heterocycles. The van der Waals surface area contributed by atoms with Gasteiger partial charge in [0.15, 0.2) is 0 Å². The lowest BCUT2D eigenvalue weighted by molar-refractivity contribution is -0.136. The van der Waals surface area contributed by atoms with Crippen molar-refractivity contribution in [3.05, 3.63) is 87.4 Å². The van der Waals surface area contributed by atoms with Gasteiger partial charge in [-0.25, -0.2) is 4.39 Å². The largest absolute Gasteiger partial charge is 0.491 e. The second kappa shape index (κ2) is 11.2. The maximum atomic E-state index is 13.6. The van der Waals surface area contributed by atoms with Crippen LogP contribution < -0.4 is 4.74 Å². The fourth-order valence-corrected chi connectivity index (χ4v) is 5.41. The van der Waals surface area contributed by atoms with Crippen LogP contribution in [0.15, 0.2) is 60.0 Å². The molecule has 5 nitrogen and oxygen atoms in total. The van der Waals surface area contributed by atoms with Crippen LogP contribution in [-0.4, -0.2) is 47.4 Å². The van der Waals surface area contributed by atoms with Crippen LogP contribution in [0.2, 0.25) is 0 Å². The average Bonchev–Trinajstić information content (AvgIpc) is 3.35. The molecule has 1 aliphatic heterocycles. The lowest BCUT2D eigenvalue weighted by atomic mass is 10.00. The molecule has 0 spiro atoms. The van der Waals surface area contributed by atoms with E-state index in [1.165, 1.54) is 34.7 Å². The van der Waals surface area contributed by atoms with Gasteiger partial charge in [0.05, 0.1) is 6.04 Å². The summed E-state index contributed by atoms with van der Waals surface area (Å²) in [5.74, 6) is 0.398. The molecule has 1 aliphatic rings. The Kier molecular flexibility index (Phi) is 8.09. The molecule has 36 heavy (non-hydrogen) atoms. The number of hydrogen-bond acceptors (Lipinski definition) is 4. The molecule has 0 saturated heterocycles. The SMILES string of the molecule is CC(C)c1ccc(OC[C@H]2c3ccsc3CCN2C(=O)CN(C(=O)c2ccc(F)cc2)C(C)C)cc1. The van der Waals surface area contributed by atoms with Crippen LogP contribution >= 0.6 is 11.3 Å². The zero-order valence-electron chi connectivity index (χ0n) is 21.2. The van der Waals surface area contributed by atoms with Gasteiger partial charge in [-0.3, -0.25) is 9.59 Å². The summed E-state index contributed by atoms with van der Waals surface area (Å²) >= 11 is 1.70. The van der Waals surface area contributed by atoms with E-state index in [2.05, 4.69) is 37.4 Å². The van der Waals surface area contributed by atoms with Gasteiger partial charge >= 0.3 is 0 Å². The minimum absolute atomic E-state index is 0.0487. The van der Waals surface area contributed by atoms with E-state index in [1.807, 2.05) is 30.9 Å². The summed E-state index contributed by atoms with van der Waals surface area (Å²) in [6.45, 7) is 8.93. The van der Waals surface area contributed by atoms with Gasteiger partial charge < -0.3 is 14.5 Å². The zero-order chi connectivity index (χ0) is 25.8. The Bertz CT molecular complexity index is 1190. The van der Waals surface area contributed by atoms with Gasteiger partial charge in [0, 0.05) is 23.0 Å². The number of halogens is 1. The number of fused-ring (bicyclic) bond motifs is 1. The van der Waals surface area contributed by atoms with Gasteiger partial charge in [0.25, 0.3) is 5.91 Å². The molecule has 4 rings (SSSR count). The quantitative estimate of drug-likeness (QED) is 0.371. The summed E-state index contributed by atoms with van der Waals surface area (Å²) in [5.41, 5.74) is 2.72. The fourth-order valence-electron chi connectivity index (χ4n) is 4.48. The third-order valence-electron chi connectivity index (χ3n) is 6.65. The number of benzene rings is 2. The molecule has 0 saturated carbocycles. The molecule has 2 heterocycles. The van der Waals surface area contributed by atoms with E-state index >= 15 is 0 Å². The Hall–Kier alpha value is -3.19. The van der Waals surface area contributed by atoms with Crippen LogP contribution in [-0.2, 0) is 11.2 Å². The lowest BCUT2D eigenvalue weighted by Gasteiger charge is -2.37. The van der Waals surface area contributed by atoms with Gasteiger partial charge in [-0.2, -0.15) is 0 Å². The Balaban J connectivity index is 1.51. The number of carbonyl (C=O) groups excluding carboxylic acids is 2. The van der Waals surface area contributed by atoms with E-state index in [-0.39, 0.29) is 30.4 Å². The fraction of sp³-hybridized carbons (Fsp3) is 0.379. The summed E-state index contributed by atoms with van der Waals surface area (Å²) in [4.78, 5) is 31.4. The molecule has 190 valence electrons. The molecular formula is C29H33FN2O3S. The van der Waals surface area contributed by atoms with E-state index in [1.54, 1.807) is 16.2 Å². The highest BCUT2D eigenvalue weighted by molar-refractivity contribution is 7.10. The van der Waals surface area contributed by atoms with Gasteiger partial charge in [0.2, 0.25) is 5.91 Å². The second-order valence-corrected chi connectivity index (χ2v) is 10.7. The molecule has 0 radical (unpaired) electrons. The maximum absolute atomic E-state index is 13.6. The van der Waals surface area contributed by atoms with Crippen LogP contribution in [0.1, 0.15) is 66.0 Å². The highest BCUT2D eigenvalue weighted by atomic mass is 32.1. The average molecular weight is 509 g/mol. The minimum atomic E-state index is -0.403. The van der Waals surface area contributed by atoms with Crippen molar-refractivity contribution in [2.24, 2.45) is 0 Å². The normalized spacial score (nSPS) is 15.2. The van der Waals surface area contributed by atoms with E-state index in [4.69, 9.17) is 4.74 Å². The third-order valence-corrected chi connectivity index (χ3v) is 7.65. The number of rotatable bonds is 8. The number of hydrogen-bond donors (Lipinski definition) is 0. The molecule has 0 fully saturated rings. The Morgan fingerprint density at radius 1 is 1.06 bits per heavy atom. The van der Waals surface area contributed by atoms with Gasteiger partial charge in [-0.15, -0.1) is 11.3 Å². The van der Waals surface area contributed by atoms with Crippen molar-refractivity contribution in [3.63, 3.8) is 0 Å². The molecule has 7 heteroatoms. The van der Waals surface area contributed by atoms with Crippen molar-refractivity contribution in [1.82, 2.24) is 9.80 Å². The van der Waals surface area contributed by atoms with Crippen LogP contribution in [0.5, 0.6) is 5.75 Å². The topological polar surface area (TPSA) is 49.9 Å². The van der Waals surface area contributed by atoms with Crippen LogP contribution in [0.3, 0.4) is 0 Å². The lowest BCUT2D eigenvalue weighted by Crippen LogP contribution is -2.49. The van der Waals surface area contributed by atoms with Gasteiger partial charge in [-0.1, -0.05) is 26.0 Å². The van der Waals surface area contributed by atoms with Gasteiger partial charge in [0.1, 0.15) is 24.7 Å². The molecule has 0 aliphatic carbocycles. The van der Waals surface area contributed by atoms with Crippen molar-refractivity contribution < 1.29 is 18.7 Å². The first kappa shape index (κ1) is 25.9. The highest BCUT2D eigenvalue weighted by Gasteiger charge is 2.34. The molecular weight excluding hydrogens is 475 g/mol. The standard InChI is InChI=1S/C29H33FN2O3S/c1-19(2)21-7-11-24(12-8-21)35-18-26-25-14-16-36-27(25)13-15-31(26)28(33)17-32(20(3)4)29(34)22-5-9-23(30)10-6-22/h5-12,14,16,19-20,26H,13,15,17-18H2,1-4H3/t26-/m0/s1. The van der Waals surface area contributed by atoms with E-state index in [0.717, 1.165) is 17.7 Å². The first-order chi connectivity index (χ1) is 17.2. The summed E-state index contributed by atoms with van der Waals surface area (Å²) in [6.07, 6.45) is 0.784. The predicted octanol–water partition coefficient (Wildman–Crippen LogP) is 6.07. The number of amides is 2. The number of thiophene rings is 1. The molecule has 0 unspecified atom stereocenters. The molecule has 0 bridgehead atoms. The molecule has 2 amide bonds. The summed E-state index contributed by atoms with van der Waals surface area (Å²) in [5, 5.41) is 2.06. The number of ether oxygens (including phenoxy) is 1. The first-order valence-electron chi connectivity index (χ1n) is 12.4. The van der Waals surface area contributed by atoms with E-state index in [0.29, 0.717) is 24.6 Å². The van der Waals surface area contributed by atoms with Crippen LogP contribution in [0.4, 0.5) is 4.39 Å². The summed E-state index contributed by atoms with van der Waals surface area (Å²) < 4.78 is 19.5. The second-order valence-electron chi connectivity index (χ2n) is 9.72. The number of carbonyl (C=O) groups is 2. The Labute approximate surface area is 216 Å². The van der Waals surface area contributed by atoms with E-state index in [9.17, 15) is 14.0 Å². The van der Waals surface area contributed by atoms with E-state index < -0.39 is 5.82 Å². The highest BCUT2D eigenvalue weighted by Crippen LogP contribution is 2.34. The Morgan fingerprint density at radius 3 is 2.39 bits per heavy atom. The Morgan fingerprint density at radius 2 is 1.75 bits per heavy atom. The van der Waals surface area contributed by atoms with Gasteiger partial charge in [-0.05, 0) is 85.2 Å². The maximum Gasteiger partial charge on any atom is 0.254 e. The van der Waals surface area contributed by atoms with Crippen molar-refractivity contribution in [2.45, 2.75) is 52.1 Å². The zero-order valence-corrected chi connectivity index (χ0v) is 22.1. The molecule has 0 N–H and O–H groups in total. The third kappa shape index (κ3) is 5.78. The van der Waals surface area contributed by atoms with Crippen LogP contribution in [0, 0.1) is 5.82 Å². The van der Waals surface area contributed by atoms with Crippen molar-refractivity contribution in [1.29, 1.82) is 0 Å². The molecule has 1 atom stereocenters. The smallest absolute Gasteiger partial charge is 0.254 e. The van der Waals surface area contributed by atoms with Crippen molar-refractivity contribution in [3.8, 4) is 5.75 Å². The predicted molar refractivity (Wildman–Crippen MR) is 141 cm³/mol. The first-order valence-corrected chi connectivity index (χ1v) is 13.3.